The highest BCUT2D eigenvalue weighted by Gasteiger charge is 2.60. The van der Waals surface area contributed by atoms with Crippen molar-refractivity contribution < 1.29 is 28.6 Å². The summed E-state index contributed by atoms with van der Waals surface area (Å²) < 4.78 is 14.0. The van der Waals surface area contributed by atoms with Gasteiger partial charge in [-0.1, -0.05) is 15.9 Å². The van der Waals surface area contributed by atoms with Crippen LogP contribution in [-0.4, -0.2) is 44.1 Å². The number of ether oxygens (including phenoxy) is 3. The van der Waals surface area contributed by atoms with Gasteiger partial charge in [0.15, 0.2) is 0 Å². The van der Waals surface area contributed by atoms with Gasteiger partial charge in [0.2, 0.25) is 0 Å². The third-order valence-electron chi connectivity index (χ3n) is 3.52. The molecule has 2 atom stereocenters. The van der Waals surface area contributed by atoms with Crippen LogP contribution in [0.3, 0.4) is 0 Å². The van der Waals surface area contributed by atoms with Crippen molar-refractivity contribution >= 4 is 33.8 Å². The summed E-state index contributed by atoms with van der Waals surface area (Å²) in [6, 6.07) is 0. The molecule has 110 valence electrons. The van der Waals surface area contributed by atoms with Gasteiger partial charge in [-0.3, -0.25) is 14.4 Å². The van der Waals surface area contributed by atoms with Crippen LogP contribution in [0.25, 0.3) is 0 Å². The smallest absolute Gasteiger partial charge is 0.320 e. The Bertz CT molecular complexity index is 378. The maximum Gasteiger partial charge on any atom is 0.320 e. The molecule has 0 spiro atoms. The van der Waals surface area contributed by atoms with Crippen LogP contribution in [-0.2, 0) is 28.6 Å². The molecular formula is C12H19BrO6. The molecule has 0 saturated heterocycles. The minimum Gasteiger partial charge on any atom is -0.469 e. The van der Waals surface area contributed by atoms with E-state index in [1.165, 1.54) is 42.1 Å². The summed E-state index contributed by atoms with van der Waals surface area (Å²) in [4.78, 5) is 34.7. The monoisotopic (exact) mass is 338 g/mol. The predicted molar refractivity (Wildman–Crippen MR) is 70.7 cm³/mol. The van der Waals surface area contributed by atoms with Crippen LogP contribution in [0.5, 0.6) is 0 Å². The standard InChI is InChI=1S/C12H19BrO6/c1-11(2,9(15)18-5)12(3,10(16)19-6)7(13)8(14)17-4/h7H,1-6H3. The number of rotatable bonds is 5. The molecule has 0 aromatic heterocycles. The van der Waals surface area contributed by atoms with E-state index in [2.05, 4.69) is 20.7 Å². The molecule has 0 aromatic carbocycles. The highest BCUT2D eigenvalue weighted by Crippen LogP contribution is 2.46. The quantitative estimate of drug-likeness (QED) is 0.427. The molecule has 0 amide bonds. The summed E-state index contributed by atoms with van der Waals surface area (Å²) in [5.41, 5.74) is -2.78. The molecule has 0 aliphatic heterocycles. The molecule has 19 heavy (non-hydrogen) atoms. The second kappa shape index (κ2) is 6.36. The SMILES string of the molecule is COC(=O)C(Br)C(C)(C(=O)OC)C(C)(C)C(=O)OC. The lowest BCUT2D eigenvalue weighted by Gasteiger charge is -2.41. The van der Waals surface area contributed by atoms with Crippen LogP contribution in [0.1, 0.15) is 20.8 Å². The maximum atomic E-state index is 12.1. The van der Waals surface area contributed by atoms with Crippen molar-refractivity contribution in [2.24, 2.45) is 10.8 Å². The first-order valence-electron chi connectivity index (χ1n) is 5.50. The summed E-state index contributed by atoms with van der Waals surface area (Å²) in [7, 11) is 3.59. The van der Waals surface area contributed by atoms with E-state index in [1.54, 1.807) is 0 Å². The van der Waals surface area contributed by atoms with Crippen LogP contribution in [0.15, 0.2) is 0 Å². The minimum atomic E-state index is -1.48. The lowest BCUT2D eigenvalue weighted by atomic mass is 9.64. The number of alkyl halides is 1. The summed E-state index contributed by atoms with van der Waals surface area (Å²) in [6.45, 7) is 4.46. The normalized spacial score (nSPS) is 15.9. The fourth-order valence-corrected chi connectivity index (χ4v) is 2.64. The van der Waals surface area contributed by atoms with Crippen molar-refractivity contribution in [2.45, 2.75) is 25.6 Å². The Hall–Kier alpha value is -1.11. The van der Waals surface area contributed by atoms with Gasteiger partial charge >= 0.3 is 17.9 Å². The highest BCUT2D eigenvalue weighted by molar-refractivity contribution is 9.10. The van der Waals surface area contributed by atoms with Gasteiger partial charge in [-0.05, 0) is 20.8 Å². The Morgan fingerprint density at radius 1 is 0.895 bits per heavy atom. The lowest BCUT2D eigenvalue weighted by Crippen LogP contribution is -2.55. The third-order valence-corrected chi connectivity index (χ3v) is 4.81. The van der Waals surface area contributed by atoms with E-state index in [0.717, 1.165) is 0 Å². The largest absolute Gasteiger partial charge is 0.469 e. The minimum absolute atomic E-state index is 0.631. The molecule has 0 bridgehead atoms. The van der Waals surface area contributed by atoms with E-state index >= 15 is 0 Å². The van der Waals surface area contributed by atoms with Gasteiger partial charge in [0, 0.05) is 0 Å². The van der Waals surface area contributed by atoms with E-state index in [-0.39, 0.29) is 0 Å². The zero-order valence-corrected chi connectivity index (χ0v) is 13.5. The summed E-state index contributed by atoms with van der Waals surface area (Å²) >= 11 is 3.12. The second-order valence-corrected chi connectivity index (χ2v) is 5.61. The first kappa shape index (κ1) is 17.9. The van der Waals surface area contributed by atoms with Crippen molar-refractivity contribution in [1.82, 2.24) is 0 Å². The molecule has 0 heterocycles. The van der Waals surface area contributed by atoms with Crippen LogP contribution < -0.4 is 0 Å². The second-order valence-electron chi connectivity index (χ2n) is 4.70. The Morgan fingerprint density at radius 2 is 1.32 bits per heavy atom. The lowest BCUT2D eigenvalue weighted by molar-refractivity contribution is -0.176. The third kappa shape index (κ3) is 2.91. The van der Waals surface area contributed by atoms with Gasteiger partial charge in [-0.2, -0.15) is 0 Å². The number of methoxy groups -OCH3 is 3. The van der Waals surface area contributed by atoms with Gasteiger partial charge in [0.25, 0.3) is 0 Å². The van der Waals surface area contributed by atoms with Gasteiger partial charge in [-0.25, -0.2) is 0 Å². The summed E-state index contributed by atoms with van der Waals surface area (Å²) in [5.74, 6) is -2.02. The van der Waals surface area contributed by atoms with Gasteiger partial charge in [0.1, 0.15) is 10.2 Å². The predicted octanol–water partition coefficient (Wildman–Crippen LogP) is 1.30. The number of hydrogen-bond acceptors (Lipinski definition) is 6. The van der Waals surface area contributed by atoms with E-state index in [0.29, 0.717) is 0 Å². The van der Waals surface area contributed by atoms with Crippen LogP contribution in [0.2, 0.25) is 0 Å². The zero-order chi connectivity index (χ0) is 15.4. The van der Waals surface area contributed by atoms with Crippen molar-refractivity contribution in [3.05, 3.63) is 0 Å². The van der Waals surface area contributed by atoms with Gasteiger partial charge in [0.05, 0.1) is 26.7 Å². The molecule has 0 saturated carbocycles. The van der Waals surface area contributed by atoms with Gasteiger partial charge in [-0.15, -0.1) is 0 Å². The number of halogens is 1. The molecular weight excluding hydrogens is 320 g/mol. The van der Waals surface area contributed by atoms with Crippen LogP contribution in [0, 0.1) is 10.8 Å². The zero-order valence-electron chi connectivity index (χ0n) is 11.9. The molecule has 0 fully saturated rings. The average Bonchev–Trinajstić information content (AvgIpc) is 2.41. The van der Waals surface area contributed by atoms with E-state index < -0.39 is 33.6 Å². The van der Waals surface area contributed by atoms with Gasteiger partial charge < -0.3 is 14.2 Å². The molecule has 0 aromatic rings. The van der Waals surface area contributed by atoms with Crippen LogP contribution >= 0.6 is 15.9 Å². The Labute approximate surface area is 120 Å². The molecule has 2 unspecified atom stereocenters. The molecule has 0 aliphatic rings. The Kier molecular flexibility index (Phi) is 5.99. The first-order valence-corrected chi connectivity index (χ1v) is 6.41. The fraction of sp³-hybridized carbons (Fsp3) is 0.750. The molecule has 0 rings (SSSR count). The topological polar surface area (TPSA) is 78.9 Å². The van der Waals surface area contributed by atoms with Crippen LogP contribution in [0.4, 0.5) is 0 Å². The average molecular weight is 339 g/mol. The number of hydrogen-bond donors (Lipinski definition) is 0. The van der Waals surface area contributed by atoms with E-state index in [4.69, 9.17) is 9.47 Å². The molecule has 0 N–H and O–H groups in total. The van der Waals surface area contributed by atoms with E-state index in [9.17, 15) is 14.4 Å². The molecule has 7 heteroatoms. The molecule has 0 radical (unpaired) electrons. The summed E-state index contributed by atoms with van der Waals surface area (Å²) in [5, 5.41) is 0. The Morgan fingerprint density at radius 3 is 1.63 bits per heavy atom. The van der Waals surface area contributed by atoms with E-state index in [1.807, 2.05) is 0 Å². The van der Waals surface area contributed by atoms with Crippen molar-refractivity contribution in [2.75, 3.05) is 21.3 Å². The Balaban J connectivity index is 5.86. The number of esters is 3. The molecule has 6 nitrogen and oxygen atoms in total. The fourth-order valence-electron chi connectivity index (χ4n) is 1.69. The summed E-state index contributed by atoms with van der Waals surface area (Å²) in [6.07, 6.45) is 0. The van der Waals surface area contributed by atoms with Crippen molar-refractivity contribution in [1.29, 1.82) is 0 Å². The highest BCUT2D eigenvalue weighted by atomic mass is 79.9. The maximum absolute atomic E-state index is 12.1. The van der Waals surface area contributed by atoms with Crippen molar-refractivity contribution in [3.8, 4) is 0 Å². The first-order chi connectivity index (χ1) is 8.60. The number of carbonyl (C=O) groups excluding carboxylic acids is 3. The number of carbonyl (C=O) groups is 3. The molecule has 0 aliphatic carbocycles. The van der Waals surface area contributed by atoms with Crippen molar-refractivity contribution in [3.63, 3.8) is 0 Å².